The molecule has 0 aliphatic carbocycles. The second kappa shape index (κ2) is 63.5. The molecule has 5 atom stereocenters. The lowest BCUT2D eigenvalue weighted by Gasteiger charge is -2.21. The van der Waals surface area contributed by atoms with Crippen LogP contribution in [0, 0.1) is 5.92 Å². The fraction of sp³-hybridized carbons (Fsp3) is 0.943. The van der Waals surface area contributed by atoms with Crippen LogP contribution in [0.2, 0.25) is 0 Å². The minimum absolute atomic E-state index is 0.107. The Balaban J connectivity index is 5.23. The first-order chi connectivity index (χ1) is 43.0. The van der Waals surface area contributed by atoms with Gasteiger partial charge < -0.3 is 33.8 Å². The van der Waals surface area contributed by atoms with Crippen LogP contribution in [0.1, 0.15) is 362 Å². The molecule has 3 N–H and O–H groups in total. The minimum Gasteiger partial charge on any atom is -0.462 e. The molecule has 0 rings (SSSR count). The average Bonchev–Trinajstić information content (AvgIpc) is 3.63. The lowest BCUT2D eigenvalue weighted by atomic mass is 10.0. The van der Waals surface area contributed by atoms with Gasteiger partial charge >= 0.3 is 39.5 Å². The average molecular weight is 1310 g/mol. The Kier molecular flexibility index (Phi) is 62.1. The molecule has 0 aliphatic heterocycles. The SMILES string of the molecule is CCCCCCCCCCCCCCCCCCC(=O)O[C@H](COC(=O)CCCCCCCCCCCCC(C)C)COP(=O)(O)OC[C@@H](O)COP(=O)(O)OC[C@@H](COC(=O)CCCCCCCCCCCC)OC(=O)CCCCCCCCCCCC. The number of ether oxygens (including phenoxy) is 4. The third kappa shape index (κ3) is 64.6. The smallest absolute Gasteiger partial charge is 0.462 e. The van der Waals surface area contributed by atoms with Crippen molar-refractivity contribution >= 4 is 39.5 Å². The number of phosphoric ester groups is 2. The summed E-state index contributed by atoms with van der Waals surface area (Å²) < 4.78 is 68.3. The summed E-state index contributed by atoms with van der Waals surface area (Å²) in [6.07, 6.45) is 49.8. The van der Waals surface area contributed by atoms with Crippen molar-refractivity contribution in [2.45, 2.75) is 380 Å². The molecule has 0 bridgehead atoms. The van der Waals surface area contributed by atoms with Crippen molar-refractivity contribution in [3.8, 4) is 0 Å². The molecule has 528 valence electrons. The van der Waals surface area contributed by atoms with E-state index in [4.69, 9.17) is 37.0 Å². The van der Waals surface area contributed by atoms with Gasteiger partial charge in [0.2, 0.25) is 0 Å². The predicted octanol–water partition coefficient (Wildman–Crippen LogP) is 20.1. The summed E-state index contributed by atoms with van der Waals surface area (Å²) in [5, 5.41) is 10.6. The monoisotopic (exact) mass is 1310 g/mol. The summed E-state index contributed by atoms with van der Waals surface area (Å²) in [7, 11) is -9.90. The van der Waals surface area contributed by atoms with Crippen LogP contribution >= 0.6 is 15.6 Å². The molecule has 2 unspecified atom stereocenters. The Hall–Kier alpha value is -1.94. The molecule has 0 fully saturated rings. The number of carbonyl (C=O) groups excluding carboxylic acids is 4. The highest BCUT2D eigenvalue weighted by Gasteiger charge is 2.30. The Labute approximate surface area is 543 Å². The van der Waals surface area contributed by atoms with Crippen LogP contribution in [0.3, 0.4) is 0 Å². The van der Waals surface area contributed by atoms with Gasteiger partial charge in [0, 0.05) is 25.7 Å². The molecule has 89 heavy (non-hydrogen) atoms. The molecule has 0 radical (unpaired) electrons. The maximum atomic E-state index is 13.0. The molecule has 0 spiro atoms. The number of unbranched alkanes of at least 4 members (excludes halogenated alkanes) is 42. The number of carbonyl (C=O) groups is 4. The van der Waals surface area contributed by atoms with Crippen LogP contribution < -0.4 is 0 Å². The topological polar surface area (TPSA) is 237 Å². The molecule has 0 aromatic rings. The molecule has 0 saturated carbocycles. The van der Waals surface area contributed by atoms with E-state index in [1.807, 2.05) is 0 Å². The number of rotatable bonds is 70. The van der Waals surface area contributed by atoms with Crippen LogP contribution in [0.5, 0.6) is 0 Å². The zero-order valence-electron chi connectivity index (χ0n) is 57.6. The van der Waals surface area contributed by atoms with Crippen molar-refractivity contribution in [3.05, 3.63) is 0 Å². The number of esters is 4. The van der Waals surface area contributed by atoms with Crippen LogP contribution in [-0.2, 0) is 65.4 Å². The summed E-state index contributed by atoms with van der Waals surface area (Å²) in [6, 6.07) is 0. The van der Waals surface area contributed by atoms with E-state index in [1.54, 1.807) is 0 Å². The Morgan fingerprint density at radius 1 is 0.303 bits per heavy atom. The largest absolute Gasteiger partial charge is 0.472 e. The van der Waals surface area contributed by atoms with Gasteiger partial charge in [-0.25, -0.2) is 9.13 Å². The van der Waals surface area contributed by atoms with Crippen molar-refractivity contribution in [3.63, 3.8) is 0 Å². The van der Waals surface area contributed by atoms with Crippen LogP contribution in [0.4, 0.5) is 0 Å². The first kappa shape index (κ1) is 87.1. The van der Waals surface area contributed by atoms with Gasteiger partial charge in [-0.15, -0.1) is 0 Å². The molecule has 17 nitrogen and oxygen atoms in total. The lowest BCUT2D eigenvalue weighted by molar-refractivity contribution is -0.161. The number of aliphatic hydroxyl groups excluding tert-OH is 1. The second-order valence-corrected chi connectivity index (χ2v) is 28.7. The molecule has 19 heteroatoms. The van der Waals surface area contributed by atoms with Crippen molar-refractivity contribution in [2.24, 2.45) is 5.92 Å². The molecule has 0 aliphatic rings. The first-order valence-corrected chi connectivity index (χ1v) is 39.6. The fourth-order valence-corrected chi connectivity index (χ4v) is 12.2. The highest BCUT2D eigenvalue weighted by Crippen LogP contribution is 2.45. The standard InChI is InChI=1S/C70H136O17P2/c1-6-9-12-15-18-21-24-25-26-27-28-29-36-41-46-51-56-70(75)87-66(60-81-68(73)54-49-44-39-35-31-30-32-37-42-47-52-63(4)5)62-85-89(78,79)83-58-64(71)57-82-88(76,77)84-61-65(86-69(74)55-50-45-40-34-23-20-17-14-11-8-3)59-80-67(72)53-48-43-38-33-22-19-16-13-10-7-2/h63-66,71H,6-62H2,1-5H3,(H,76,77)(H,78,79)/t64-,65+,66+/m0/s1. The van der Waals surface area contributed by atoms with Gasteiger partial charge in [0.25, 0.3) is 0 Å². The molecular weight excluding hydrogens is 1170 g/mol. The fourth-order valence-electron chi connectivity index (χ4n) is 10.6. The molecule has 0 amide bonds. The number of hydrogen-bond acceptors (Lipinski definition) is 15. The summed E-state index contributed by atoms with van der Waals surface area (Å²) in [5.74, 6) is -1.36. The Morgan fingerprint density at radius 3 is 0.764 bits per heavy atom. The molecular formula is C70H136O17P2. The van der Waals surface area contributed by atoms with E-state index in [9.17, 15) is 43.2 Å². The van der Waals surface area contributed by atoms with Crippen molar-refractivity contribution < 1.29 is 80.2 Å². The van der Waals surface area contributed by atoms with Gasteiger partial charge in [-0.1, -0.05) is 311 Å². The number of hydrogen-bond donors (Lipinski definition) is 3. The van der Waals surface area contributed by atoms with Crippen LogP contribution in [-0.4, -0.2) is 96.7 Å². The van der Waals surface area contributed by atoms with Crippen LogP contribution in [0.25, 0.3) is 0 Å². The Bertz CT molecular complexity index is 1720. The highest BCUT2D eigenvalue weighted by atomic mass is 31.2. The number of phosphoric acid groups is 2. The first-order valence-electron chi connectivity index (χ1n) is 36.6. The third-order valence-corrected chi connectivity index (χ3v) is 18.2. The summed E-state index contributed by atoms with van der Waals surface area (Å²) >= 11 is 0. The van der Waals surface area contributed by atoms with Gasteiger partial charge in [0.15, 0.2) is 12.2 Å². The van der Waals surface area contributed by atoms with E-state index in [1.165, 1.54) is 186 Å². The molecule has 0 aromatic carbocycles. The summed E-state index contributed by atoms with van der Waals surface area (Å²) in [6.45, 7) is 7.23. The van der Waals surface area contributed by atoms with Crippen molar-refractivity contribution in [1.29, 1.82) is 0 Å². The molecule has 0 aromatic heterocycles. The van der Waals surface area contributed by atoms with Gasteiger partial charge in [-0.2, -0.15) is 0 Å². The third-order valence-electron chi connectivity index (χ3n) is 16.3. The van der Waals surface area contributed by atoms with Gasteiger partial charge in [0.05, 0.1) is 26.4 Å². The van der Waals surface area contributed by atoms with Crippen molar-refractivity contribution in [1.82, 2.24) is 0 Å². The second-order valence-electron chi connectivity index (χ2n) is 25.7. The zero-order valence-corrected chi connectivity index (χ0v) is 59.4. The zero-order chi connectivity index (χ0) is 65.6. The van der Waals surface area contributed by atoms with Gasteiger partial charge in [-0.05, 0) is 31.6 Å². The van der Waals surface area contributed by atoms with E-state index >= 15 is 0 Å². The van der Waals surface area contributed by atoms with E-state index in [0.717, 1.165) is 95.8 Å². The molecule has 0 saturated heterocycles. The quantitative estimate of drug-likeness (QED) is 0.0222. The van der Waals surface area contributed by atoms with Crippen LogP contribution in [0.15, 0.2) is 0 Å². The van der Waals surface area contributed by atoms with Gasteiger partial charge in [-0.3, -0.25) is 37.3 Å². The Morgan fingerprint density at radius 2 is 0.517 bits per heavy atom. The van der Waals surface area contributed by atoms with E-state index in [2.05, 4.69) is 34.6 Å². The maximum absolute atomic E-state index is 13.0. The predicted molar refractivity (Wildman–Crippen MR) is 358 cm³/mol. The van der Waals surface area contributed by atoms with E-state index in [-0.39, 0.29) is 25.7 Å². The van der Waals surface area contributed by atoms with Crippen molar-refractivity contribution in [2.75, 3.05) is 39.6 Å². The van der Waals surface area contributed by atoms with E-state index in [0.29, 0.717) is 25.7 Å². The minimum atomic E-state index is -4.95. The number of aliphatic hydroxyl groups is 1. The maximum Gasteiger partial charge on any atom is 0.472 e. The lowest BCUT2D eigenvalue weighted by Crippen LogP contribution is -2.30. The van der Waals surface area contributed by atoms with Gasteiger partial charge in [0.1, 0.15) is 19.3 Å². The summed E-state index contributed by atoms with van der Waals surface area (Å²) in [4.78, 5) is 72.5. The normalized spacial score (nSPS) is 14.1. The van der Waals surface area contributed by atoms with E-state index < -0.39 is 97.5 Å². The molecule has 0 heterocycles. The summed E-state index contributed by atoms with van der Waals surface area (Å²) in [5.41, 5.74) is 0. The highest BCUT2D eigenvalue weighted by molar-refractivity contribution is 7.47.